The first-order valence-electron chi connectivity index (χ1n) is 7.70. The van der Waals surface area contributed by atoms with Gasteiger partial charge in [0.15, 0.2) is 18.1 Å². The summed E-state index contributed by atoms with van der Waals surface area (Å²) in [5.41, 5.74) is 2.23. The topological polar surface area (TPSA) is 66.8 Å². The molecule has 0 saturated carbocycles. The molecule has 0 aliphatic carbocycles. The third-order valence-corrected chi connectivity index (χ3v) is 4.03. The molecule has 0 bridgehead atoms. The zero-order chi connectivity index (χ0) is 19.4. The van der Waals surface area contributed by atoms with E-state index in [0.717, 1.165) is 11.4 Å². The normalized spacial score (nSPS) is 10.7. The van der Waals surface area contributed by atoms with Crippen LogP contribution in [0.4, 0.5) is 8.78 Å². The number of alkyl halides is 2. The number of aryl methyl sites for hydroxylation is 1. The van der Waals surface area contributed by atoms with Gasteiger partial charge in [-0.3, -0.25) is 4.79 Å². The molecule has 0 aliphatic heterocycles. The Morgan fingerprint density at radius 3 is 2.38 bits per heavy atom. The van der Waals surface area contributed by atoms with Crippen molar-refractivity contribution in [1.29, 1.82) is 0 Å². The predicted molar refractivity (Wildman–Crippen MR) is 89.1 cm³/mol. The molecule has 0 unspecified atom stereocenters. The number of rotatable bonds is 7. The molecule has 8 heteroatoms. The molecule has 140 valence electrons. The average Bonchev–Trinajstić information content (AvgIpc) is 2.86. The van der Waals surface area contributed by atoms with Crippen LogP contribution in [0.25, 0.3) is 0 Å². The first-order valence-corrected chi connectivity index (χ1v) is 7.70. The minimum Gasteiger partial charge on any atom is -0.493 e. The minimum absolute atomic E-state index is 0.0411. The van der Waals surface area contributed by atoms with E-state index in [2.05, 4.69) is 4.74 Å². The van der Waals surface area contributed by atoms with Crippen LogP contribution < -0.4 is 9.47 Å². The van der Waals surface area contributed by atoms with Crippen LogP contribution in [-0.2, 0) is 11.8 Å². The van der Waals surface area contributed by atoms with Gasteiger partial charge in [-0.25, -0.2) is 4.79 Å². The van der Waals surface area contributed by atoms with Crippen molar-refractivity contribution in [2.75, 3.05) is 13.7 Å². The van der Waals surface area contributed by atoms with Crippen molar-refractivity contribution < 1.29 is 32.6 Å². The highest BCUT2D eigenvalue weighted by Crippen LogP contribution is 2.29. The number of Topliss-reactive ketones (excluding diaryl/α,β-unsaturated/α-hetero) is 1. The third-order valence-electron chi connectivity index (χ3n) is 4.03. The molecule has 6 nitrogen and oxygen atoms in total. The Bertz CT molecular complexity index is 829. The zero-order valence-electron chi connectivity index (χ0n) is 14.8. The van der Waals surface area contributed by atoms with Crippen LogP contribution in [0.2, 0.25) is 0 Å². The molecule has 0 spiro atoms. The van der Waals surface area contributed by atoms with Crippen LogP contribution in [0.5, 0.6) is 11.5 Å². The van der Waals surface area contributed by atoms with E-state index in [1.54, 1.807) is 13.0 Å². The van der Waals surface area contributed by atoms with Crippen molar-refractivity contribution in [2.45, 2.75) is 20.5 Å². The van der Waals surface area contributed by atoms with Crippen LogP contribution in [0, 0.1) is 13.8 Å². The number of halogens is 2. The number of aromatic nitrogens is 1. The lowest BCUT2D eigenvalue weighted by Gasteiger charge is -2.11. The smallest absolute Gasteiger partial charge is 0.387 e. The van der Waals surface area contributed by atoms with Gasteiger partial charge in [-0.05, 0) is 38.1 Å². The Kier molecular flexibility index (Phi) is 5.97. The van der Waals surface area contributed by atoms with Gasteiger partial charge in [0.05, 0.1) is 12.7 Å². The third kappa shape index (κ3) is 4.19. The summed E-state index contributed by atoms with van der Waals surface area (Å²) in [6.45, 7) is 0.220. The Hall–Kier alpha value is -2.90. The lowest BCUT2D eigenvalue weighted by Crippen LogP contribution is -2.15. The van der Waals surface area contributed by atoms with E-state index < -0.39 is 19.2 Å². The maximum Gasteiger partial charge on any atom is 0.387 e. The lowest BCUT2D eigenvalue weighted by atomic mass is 10.1. The molecule has 0 fully saturated rings. The molecule has 0 saturated heterocycles. The van der Waals surface area contributed by atoms with Gasteiger partial charge in [0.2, 0.25) is 5.78 Å². The lowest BCUT2D eigenvalue weighted by molar-refractivity contribution is -0.0512. The highest BCUT2D eigenvalue weighted by molar-refractivity contribution is 6.00. The number of ether oxygens (including phenoxy) is 3. The Balaban J connectivity index is 2.07. The summed E-state index contributed by atoms with van der Waals surface area (Å²) >= 11 is 0. The number of benzene rings is 1. The number of ketones is 1. The van der Waals surface area contributed by atoms with E-state index >= 15 is 0 Å². The second-order valence-corrected chi connectivity index (χ2v) is 5.59. The largest absolute Gasteiger partial charge is 0.493 e. The maximum atomic E-state index is 12.3. The first-order chi connectivity index (χ1) is 12.2. The van der Waals surface area contributed by atoms with Gasteiger partial charge in [-0.1, -0.05) is 0 Å². The second-order valence-electron chi connectivity index (χ2n) is 5.59. The van der Waals surface area contributed by atoms with Crippen molar-refractivity contribution in [1.82, 2.24) is 4.57 Å². The van der Waals surface area contributed by atoms with Gasteiger partial charge >= 0.3 is 12.6 Å². The van der Waals surface area contributed by atoms with Crippen LogP contribution in [-0.4, -0.2) is 36.6 Å². The van der Waals surface area contributed by atoms with E-state index in [0.29, 0.717) is 5.56 Å². The molecule has 1 aromatic carbocycles. The molecule has 1 heterocycles. The molecule has 26 heavy (non-hydrogen) atoms. The van der Waals surface area contributed by atoms with E-state index in [1.165, 1.54) is 25.3 Å². The number of esters is 1. The van der Waals surface area contributed by atoms with Crippen molar-refractivity contribution in [2.24, 2.45) is 7.05 Å². The zero-order valence-corrected chi connectivity index (χ0v) is 14.8. The number of carbonyl (C=O) groups excluding carboxylic acids is 2. The fraction of sp³-hybridized carbons (Fsp3) is 0.333. The molecule has 0 atom stereocenters. The number of carbonyl (C=O) groups is 2. The highest BCUT2D eigenvalue weighted by atomic mass is 19.3. The maximum absolute atomic E-state index is 12.3. The summed E-state index contributed by atoms with van der Waals surface area (Å²) in [5.74, 6) is -1.35. The Morgan fingerprint density at radius 1 is 1.15 bits per heavy atom. The van der Waals surface area contributed by atoms with E-state index in [-0.39, 0.29) is 22.8 Å². The SMILES string of the molecule is COc1cc(C(=O)OCC(=O)c2cc(C)n(C)c2C)ccc1OC(F)F. The Morgan fingerprint density at radius 2 is 1.85 bits per heavy atom. The fourth-order valence-corrected chi connectivity index (χ4v) is 2.42. The van der Waals surface area contributed by atoms with E-state index in [4.69, 9.17) is 9.47 Å². The molecule has 0 N–H and O–H groups in total. The average molecular weight is 367 g/mol. The molecule has 2 rings (SSSR count). The van der Waals surface area contributed by atoms with Crippen LogP contribution in [0.15, 0.2) is 24.3 Å². The van der Waals surface area contributed by atoms with Gasteiger partial charge in [0.1, 0.15) is 0 Å². The molecular weight excluding hydrogens is 348 g/mol. The van der Waals surface area contributed by atoms with Gasteiger partial charge in [-0.15, -0.1) is 0 Å². The van der Waals surface area contributed by atoms with Gasteiger partial charge < -0.3 is 18.8 Å². The first kappa shape index (κ1) is 19.4. The number of hydrogen-bond donors (Lipinski definition) is 0. The van der Waals surface area contributed by atoms with Crippen molar-refractivity contribution in [3.05, 3.63) is 46.8 Å². The quantitative estimate of drug-likeness (QED) is 0.555. The molecule has 1 aromatic heterocycles. The Labute approximate surface area is 149 Å². The molecule has 0 aliphatic rings. The van der Waals surface area contributed by atoms with Gasteiger partial charge in [0, 0.05) is 24.0 Å². The number of hydrogen-bond acceptors (Lipinski definition) is 5. The van der Waals surface area contributed by atoms with Gasteiger partial charge in [-0.2, -0.15) is 8.78 Å². The van der Waals surface area contributed by atoms with Crippen molar-refractivity contribution in [3.8, 4) is 11.5 Å². The summed E-state index contributed by atoms with van der Waals surface area (Å²) in [7, 11) is 3.09. The number of methoxy groups -OCH3 is 1. The second kappa shape index (κ2) is 7.99. The summed E-state index contributed by atoms with van der Waals surface area (Å²) in [6, 6.07) is 5.37. The standard InChI is InChI=1S/C18H19F2NO5/c1-10-7-13(11(2)21(10)3)14(22)9-25-17(23)12-5-6-15(26-18(19)20)16(8-12)24-4/h5-8,18H,9H2,1-4H3. The van der Waals surface area contributed by atoms with Crippen LogP contribution >= 0.6 is 0 Å². The van der Waals surface area contributed by atoms with E-state index in [1.807, 2.05) is 18.5 Å². The summed E-state index contributed by atoms with van der Waals surface area (Å²) < 4.78 is 40.7. The van der Waals surface area contributed by atoms with Gasteiger partial charge in [0.25, 0.3) is 0 Å². The minimum atomic E-state index is -3.02. The van der Waals surface area contributed by atoms with Crippen LogP contribution in [0.3, 0.4) is 0 Å². The summed E-state index contributed by atoms with van der Waals surface area (Å²) in [4.78, 5) is 24.4. The molecule has 0 amide bonds. The van der Waals surface area contributed by atoms with Crippen molar-refractivity contribution in [3.63, 3.8) is 0 Å². The van der Waals surface area contributed by atoms with Crippen molar-refractivity contribution >= 4 is 11.8 Å². The summed E-state index contributed by atoms with van der Waals surface area (Å²) in [6.07, 6.45) is 0. The van der Waals surface area contributed by atoms with E-state index in [9.17, 15) is 18.4 Å². The van der Waals surface area contributed by atoms with Crippen LogP contribution in [0.1, 0.15) is 32.1 Å². The predicted octanol–water partition coefficient (Wildman–Crippen LogP) is 3.29. The molecule has 2 aromatic rings. The number of nitrogens with zero attached hydrogens (tertiary/aromatic N) is 1. The molecule has 0 radical (unpaired) electrons. The molecular formula is C18H19F2NO5. The fourth-order valence-electron chi connectivity index (χ4n) is 2.42. The highest BCUT2D eigenvalue weighted by Gasteiger charge is 2.18. The summed E-state index contributed by atoms with van der Waals surface area (Å²) in [5, 5.41) is 0. The monoisotopic (exact) mass is 367 g/mol.